The maximum Gasteiger partial charge on any atom is 0.350 e. The molecule has 0 saturated carbocycles. The minimum absolute atomic E-state index is 0.300. The van der Waals surface area contributed by atoms with Gasteiger partial charge in [0.15, 0.2) is 0 Å². The number of rotatable bonds is 7. The van der Waals surface area contributed by atoms with Crippen LogP contribution >= 0.6 is 0 Å². The first-order valence-electron chi connectivity index (χ1n) is 7.67. The van der Waals surface area contributed by atoms with Crippen molar-refractivity contribution in [1.82, 2.24) is 0 Å². The molecule has 0 aliphatic carbocycles. The van der Waals surface area contributed by atoms with E-state index in [0.29, 0.717) is 0 Å². The molecule has 2 aromatic carbocycles. The molecular weight excluding hydrogens is 356 g/mol. The number of ketones is 2. The topological polar surface area (TPSA) is 138 Å². The lowest BCUT2D eigenvalue weighted by Crippen LogP contribution is -2.71. The molecule has 0 aliphatic heterocycles. The van der Waals surface area contributed by atoms with Crippen molar-refractivity contribution in [1.29, 1.82) is 0 Å². The summed E-state index contributed by atoms with van der Waals surface area (Å²) in [6.07, 6.45) is 0. The van der Waals surface area contributed by atoms with Crippen LogP contribution in [0.15, 0.2) is 60.7 Å². The molecule has 2 atom stereocenters. The lowest BCUT2D eigenvalue weighted by atomic mass is 9.73. The zero-order valence-electron chi connectivity index (χ0n) is 14.2. The van der Waals surface area contributed by atoms with Crippen LogP contribution in [-0.4, -0.2) is 57.1 Å². The number of esters is 1. The van der Waals surface area contributed by atoms with Gasteiger partial charge in [-0.15, -0.1) is 0 Å². The molecule has 0 radical (unpaired) electrons. The summed E-state index contributed by atoms with van der Waals surface area (Å²) in [5.41, 5.74) is -8.17. The Labute approximate surface area is 153 Å². The molecule has 0 aliphatic rings. The van der Waals surface area contributed by atoms with Gasteiger partial charge in [0.25, 0.3) is 11.2 Å². The number of benzene rings is 2. The summed E-state index contributed by atoms with van der Waals surface area (Å²) in [7, 11) is 0.779. The van der Waals surface area contributed by atoms with Gasteiger partial charge in [0, 0.05) is 11.1 Å². The summed E-state index contributed by atoms with van der Waals surface area (Å²) in [5, 5.41) is 31.1. The van der Waals surface area contributed by atoms with Crippen LogP contribution in [0.5, 0.6) is 0 Å². The molecule has 140 valence electrons. The number of hydrogen-bond acceptors (Lipinski definition) is 7. The van der Waals surface area contributed by atoms with E-state index in [1.165, 1.54) is 60.7 Å². The third-order valence-corrected chi connectivity index (χ3v) is 4.04. The average molecular weight is 372 g/mol. The Hall–Kier alpha value is -3.36. The van der Waals surface area contributed by atoms with Crippen molar-refractivity contribution < 1.29 is 39.2 Å². The fourth-order valence-corrected chi connectivity index (χ4v) is 2.57. The van der Waals surface area contributed by atoms with Gasteiger partial charge in [-0.2, -0.15) is 0 Å². The maximum atomic E-state index is 12.8. The fourth-order valence-electron chi connectivity index (χ4n) is 2.57. The lowest BCUT2D eigenvalue weighted by Gasteiger charge is -2.35. The Morgan fingerprint density at radius 1 is 0.741 bits per heavy atom. The third kappa shape index (κ3) is 3.12. The molecule has 2 rings (SSSR count). The zero-order chi connectivity index (χ0) is 20.2. The van der Waals surface area contributed by atoms with Crippen molar-refractivity contribution in [3.8, 4) is 0 Å². The van der Waals surface area contributed by atoms with E-state index in [9.17, 15) is 34.5 Å². The molecule has 0 fully saturated rings. The Morgan fingerprint density at radius 3 is 1.44 bits per heavy atom. The molecule has 0 spiro atoms. The van der Waals surface area contributed by atoms with Crippen LogP contribution in [0.2, 0.25) is 0 Å². The minimum atomic E-state index is -3.83. The molecule has 0 aromatic heterocycles. The normalized spacial score (nSPS) is 15.1. The van der Waals surface area contributed by atoms with Gasteiger partial charge in [-0.05, 0) is 0 Å². The highest BCUT2D eigenvalue weighted by Gasteiger charge is 2.70. The summed E-state index contributed by atoms with van der Waals surface area (Å²) in [4.78, 5) is 49.7. The molecule has 8 nitrogen and oxygen atoms in total. The van der Waals surface area contributed by atoms with Gasteiger partial charge in [-0.1, -0.05) is 60.7 Å². The number of Topliss-reactive ketones (excluding diaryl/α,β-unsaturated/α-hetero) is 2. The molecule has 2 aromatic rings. The molecule has 0 amide bonds. The summed E-state index contributed by atoms with van der Waals surface area (Å²) >= 11 is 0. The highest BCUT2D eigenvalue weighted by molar-refractivity contribution is 6.28. The third-order valence-electron chi connectivity index (χ3n) is 4.04. The lowest BCUT2D eigenvalue weighted by molar-refractivity contribution is -0.189. The quantitative estimate of drug-likeness (QED) is 0.362. The SMILES string of the molecule is COC(=O)[C@@](O)(C(=O)c1ccccc1)[C@@](O)(C(=O)O)C(=O)c1ccccc1. The number of aliphatic hydroxyl groups is 2. The first-order valence-corrected chi connectivity index (χ1v) is 7.67. The zero-order valence-corrected chi connectivity index (χ0v) is 14.2. The number of carboxylic acids is 1. The molecule has 0 bridgehead atoms. The molecular formula is C19H16O8. The average Bonchev–Trinajstić information content (AvgIpc) is 2.71. The number of methoxy groups -OCH3 is 1. The Bertz CT molecular complexity index is 877. The van der Waals surface area contributed by atoms with Crippen LogP contribution in [0.1, 0.15) is 20.7 Å². The highest BCUT2D eigenvalue weighted by Crippen LogP contribution is 2.32. The van der Waals surface area contributed by atoms with E-state index in [0.717, 1.165) is 7.11 Å². The maximum absolute atomic E-state index is 12.8. The predicted molar refractivity (Wildman–Crippen MR) is 91.1 cm³/mol. The van der Waals surface area contributed by atoms with Gasteiger partial charge >= 0.3 is 11.9 Å². The number of hydrogen-bond donors (Lipinski definition) is 3. The molecule has 3 N–H and O–H groups in total. The predicted octanol–water partition coefficient (Wildman–Crippen LogP) is 0.472. The number of aliphatic carboxylic acids is 1. The molecule has 27 heavy (non-hydrogen) atoms. The van der Waals surface area contributed by atoms with E-state index < -0.39 is 34.7 Å². The molecule has 0 saturated heterocycles. The van der Waals surface area contributed by atoms with Crippen molar-refractivity contribution in [2.75, 3.05) is 7.11 Å². The van der Waals surface area contributed by atoms with Crippen molar-refractivity contribution in [2.24, 2.45) is 0 Å². The molecule has 0 unspecified atom stereocenters. The van der Waals surface area contributed by atoms with Gasteiger partial charge in [-0.25, -0.2) is 9.59 Å². The second-order valence-corrected chi connectivity index (χ2v) is 5.61. The van der Waals surface area contributed by atoms with Gasteiger partial charge < -0.3 is 20.1 Å². The van der Waals surface area contributed by atoms with Crippen molar-refractivity contribution >= 4 is 23.5 Å². The standard InChI is InChI=1S/C19H16O8/c1-27-17(24)19(26,15(21)13-10-6-3-7-11-13)18(25,16(22)23)14(20)12-8-4-2-5-9-12/h2-11,25-26H,1H3,(H,22,23)/t18-,19-/m0/s1. The first-order chi connectivity index (χ1) is 12.7. The monoisotopic (exact) mass is 372 g/mol. The smallest absolute Gasteiger partial charge is 0.350 e. The van der Waals surface area contributed by atoms with Crippen LogP contribution in [0.4, 0.5) is 0 Å². The Balaban J connectivity index is 2.74. The highest BCUT2D eigenvalue weighted by atomic mass is 16.5. The number of carbonyl (C=O) groups excluding carboxylic acids is 3. The van der Waals surface area contributed by atoms with E-state index in [-0.39, 0.29) is 11.1 Å². The summed E-state index contributed by atoms with van der Waals surface area (Å²) < 4.78 is 4.36. The first kappa shape index (κ1) is 20.0. The Kier molecular flexibility index (Phi) is 5.53. The Morgan fingerprint density at radius 2 is 1.11 bits per heavy atom. The van der Waals surface area contributed by atoms with Crippen molar-refractivity contribution in [2.45, 2.75) is 11.2 Å². The van der Waals surface area contributed by atoms with E-state index >= 15 is 0 Å². The van der Waals surface area contributed by atoms with Gasteiger partial charge in [0.05, 0.1) is 7.11 Å². The van der Waals surface area contributed by atoms with E-state index in [1.807, 2.05) is 0 Å². The number of carboxylic acid groups (broad SMARTS) is 1. The molecule has 0 heterocycles. The largest absolute Gasteiger partial charge is 0.479 e. The van der Waals surface area contributed by atoms with Gasteiger partial charge in [0.2, 0.25) is 11.6 Å². The molecule has 8 heteroatoms. The number of ether oxygens (including phenoxy) is 1. The van der Waals surface area contributed by atoms with Crippen molar-refractivity contribution in [3.05, 3.63) is 71.8 Å². The van der Waals surface area contributed by atoms with E-state index in [2.05, 4.69) is 4.74 Å². The summed E-state index contributed by atoms with van der Waals surface area (Å²) in [6, 6.07) is 13.3. The second kappa shape index (κ2) is 7.48. The van der Waals surface area contributed by atoms with Crippen LogP contribution in [-0.2, 0) is 14.3 Å². The van der Waals surface area contributed by atoms with Gasteiger partial charge in [-0.3, -0.25) is 9.59 Å². The summed E-state index contributed by atoms with van der Waals surface area (Å²) in [6.45, 7) is 0. The van der Waals surface area contributed by atoms with Crippen LogP contribution in [0, 0.1) is 0 Å². The fraction of sp³-hybridized carbons (Fsp3) is 0.158. The van der Waals surface area contributed by atoms with Crippen LogP contribution in [0.25, 0.3) is 0 Å². The van der Waals surface area contributed by atoms with Gasteiger partial charge in [0.1, 0.15) is 0 Å². The van der Waals surface area contributed by atoms with E-state index in [4.69, 9.17) is 0 Å². The van der Waals surface area contributed by atoms with Crippen LogP contribution in [0.3, 0.4) is 0 Å². The second-order valence-electron chi connectivity index (χ2n) is 5.61. The van der Waals surface area contributed by atoms with Crippen LogP contribution < -0.4 is 0 Å². The summed E-state index contributed by atoms with van der Waals surface area (Å²) in [5.74, 6) is -7.11. The number of carbonyl (C=O) groups is 4. The van der Waals surface area contributed by atoms with Crippen molar-refractivity contribution in [3.63, 3.8) is 0 Å². The minimum Gasteiger partial charge on any atom is -0.479 e. The van der Waals surface area contributed by atoms with E-state index in [1.54, 1.807) is 0 Å².